The molecule has 0 atom stereocenters. The van der Waals surface area contributed by atoms with Gasteiger partial charge in [-0.1, -0.05) is 38.1 Å². The third kappa shape index (κ3) is 1.80. The van der Waals surface area contributed by atoms with Gasteiger partial charge in [0.25, 0.3) is 0 Å². The number of benzene rings is 1. The standard InChI is InChI=1S/C12H15N/c1-12(2)7-10-5-3-4-6-11(10)8-13-9-12/h3-6,8H,7,9H2,1-2H3. The van der Waals surface area contributed by atoms with Crippen LogP contribution in [-0.4, -0.2) is 12.8 Å². The summed E-state index contributed by atoms with van der Waals surface area (Å²) in [7, 11) is 0. The van der Waals surface area contributed by atoms with Gasteiger partial charge in [0.1, 0.15) is 0 Å². The summed E-state index contributed by atoms with van der Waals surface area (Å²) in [6.45, 7) is 5.47. The van der Waals surface area contributed by atoms with Crippen molar-refractivity contribution in [3.05, 3.63) is 35.4 Å². The molecule has 0 amide bonds. The van der Waals surface area contributed by atoms with E-state index in [4.69, 9.17) is 0 Å². The van der Waals surface area contributed by atoms with Crippen LogP contribution in [-0.2, 0) is 6.42 Å². The third-order valence-corrected chi connectivity index (χ3v) is 2.47. The van der Waals surface area contributed by atoms with Crippen LogP contribution in [0.15, 0.2) is 29.3 Å². The second-order valence-corrected chi connectivity index (χ2v) is 4.51. The maximum atomic E-state index is 4.44. The minimum absolute atomic E-state index is 0.309. The summed E-state index contributed by atoms with van der Waals surface area (Å²) in [6, 6.07) is 8.52. The van der Waals surface area contributed by atoms with Gasteiger partial charge in [-0.25, -0.2) is 0 Å². The Hall–Kier alpha value is -1.11. The molecule has 1 heteroatoms. The van der Waals surface area contributed by atoms with E-state index < -0.39 is 0 Å². The number of rotatable bonds is 0. The molecule has 68 valence electrons. The van der Waals surface area contributed by atoms with Crippen LogP contribution in [0.4, 0.5) is 0 Å². The topological polar surface area (TPSA) is 12.4 Å². The minimum atomic E-state index is 0.309. The van der Waals surface area contributed by atoms with Gasteiger partial charge in [0.15, 0.2) is 0 Å². The van der Waals surface area contributed by atoms with Crippen LogP contribution in [0, 0.1) is 5.41 Å². The van der Waals surface area contributed by atoms with E-state index in [0.717, 1.165) is 13.0 Å². The Morgan fingerprint density at radius 1 is 1.23 bits per heavy atom. The van der Waals surface area contributed by atoms with E-state index in [1.54, 1.807) is 0 Å². The summed E-state index contributed by atoms with van der Waals surface area (Å²) >= 11 is 0. The lowest BCUT2D eigenvalue weighted by Gasteiger charge is -2.20. The Morgan fingerprint density at radius 2 is 2.00 bits per heavy atom. The highest BCUT2D eigenvalue weighted by molar-refractivity contribution is 5.82. The van der Waals surface area contributed by atoms with Crippen molar-refractivity contribution in [3.8, 4) is 0 Å². The fourth-order valence-corrected chi connectivity index (χ4v) is 1.78. The summed E-state index contributed by atoms with van der Waals surface area (Å²) in [5.41, 5.74) is 3.02. The van der Waals surface area contributed by atoms with Crippen LogP contribution < -0.4 is 0 Å². The highest BCUT2D eigenvalue weighted by Crippen LogP contribution is 2.25. The van der Waals surface area contributed by atoms with Gasteiger partial charge < -0.3 is 0 Å². The number of hydrogen-bond donors (Lipinski definition) is 0. The Bertz CT molecular complexity index is 337. The van der Waals surface area contributed by atoms with Crippen molar-refractivity contribution in [3.63, 3.8) is 0 Å². The SMILES string of the molecule is CC1(C)CN=Cc2ccccc2C1. The molecule has 0 aromatic heterocycles. The molecule has 13 heavy (non-hydrogen) atoms. The molecule has 0 N–H and O–H groups in total. The van der Waals surface area contributed by atoms with Crippen molar-refractivity contribution < 1.29 is 0 Å². The van der Waals surface area contributed by atoms with Gasteiger partial charge in [-0.2, -0.15) is 0 Å². The molecule has 0 unspecified atom stereocenters. The Morgan fingerprint density at radius 3 is 2.85 bits per heavy atom. The maximum Gasteiger partial charge on any atom is 0.0443 e. The van der Waals surface area contributed by atoms with Crippen molar-refractivity contribution in [1.29, 1.82) is 0 Å². The predicted molar refractivity (Wildman–Crippen MR) is 56.4 cm³/mol. The van der Waals surface area contributed by atoms with Gasteiger partial charge in [0.2, 0.25) is 0 Å². The van der Waals surface area contributed by atoms with E-state index in [2.05, 4.69) is 43.1 Å². The Labute approximate surface area is 79.5 Å². The number of aliphatic imine (C=N–C) groups is 1. The molecular formula is C12H15N. The van der Waals surface area contributed by atoms with E-state index in [-0.39, 0.29) is 0 Å². The summed E-state index contributed by atoms with van der Waals surface area (Å²) in [4.78, 5) is 4.44. The van der Waals surface area contributed by atoms with E-state index in [1.165, 1.54) is 11.1 Å². The van der Waals surface area contributed by atoms with E-state index >= 15 is 0 Å². The molecular weight excluding hydrogens is 158 g/mol. The predicted octanol–water partition coefficient (Wildman–Crippen LogP) is 2.69. The number of nitrogens with zero attached hydrogens (tertiary/aromatic N) is 1. The Balaban J connectivity index is 2.43. The van der Waals surface area contributed by atoms with Crippen LogP contribution >= 0.6 is 0 Å². The first-order valence-corrected chi connectivity index (χ1v) is 4.75. The van der Waals surface area contributed by atoms with Gasteiger partial charge >= 0.3 is 0 Å². The zero-order valence-electron chi connectivity index (χ0n) is 8.25. The first-order valence-electron chi connectivity index (χ1n) is 4.75. The van der Waals surface area contributed by atoms with E-state index in [1.807, 2.05) is 6.21 Å². The van der Waals surface area contributed by atoms with Gasteiger partial charge in [-0.05, 0) is 23.0 Å². The molecule has 1 heterocycles. The van der Waals surface area contributed by atoms with E-state index in [9.17, 15) is 0 Å². The van der Waals surface area contributed by atoms with Crippen molar-refractivity contribution >= 4 is 6.21 Å². The largest absolute Gasteiger partial charge is 0.292 e. The van der Waals surface area contributed by atoms with E-state index in [0.29, 0.717) is 5.41 Å². The molecule has 0 fully saturated rings. The zero-order valence-corrected chi connectivity index (χ0v) is 8.25. The molecule has 0 saturated carbocycles. The zero-order chi connectivity index (χ0) is 9.31. The van der Waals surface area contributed by atoms with Crippen molar-refractivity contribution in [1.82, 2.24) is 0 Å². The second kappa shape index (κ2) is 2.99. The maximum absolute atomic E-state index is 4.44. The third-order valence-electron chi connectivity index (χ3n) is 2.47. The number of fused-ring (bicyclic) bond motifs is 1. The molecule has 1 aliphatic heterocycles. The fraction of sp³-hybridized carbons (Fsp3) is 0.417. The van der Waals surface area contributed by atoms with Gasteiger partial charge in [0.05, 0.1) is 0 Å². The lowest BCUT2D eigenvalue weighted by Crippen LogP contribution is -2.17. The molecule has 2 rings (SSSR count). The van der Waals surface area contributed by atoms with Gasteiger partial charge in [-0.3, -0.25) is 4.99 Å². The van der Waals surface area contributed by atoms with Crippen LogP contribution in [0.1, 0.15) is 25.0 Å². The lowest BCUT2D eigenvalue weighted by atomic mass is 9.85. The molecule has 0 saturated heterocycles. The van der Waals surface area contributed by atoms with Gasteiger partial charge in [0, 0.05) is 12.8 Å². The summed E-state index contributed by atoms with van der Waals surface area (Å²) in [6.07, 6.45) is 3.13. The highest BCUT2D eigenvalue weighted by atomic mass is 14.7. The van der Waals surface area contributed by atoms with Crippen LogP contribution in [0.25, 0.3) is 0 Å². The summed E-state index contributed by atoms with van der Waals surface area (Å²) in [5.74, 6) is 0. The average Bonchev–Trinajstić information content (AvgIpc) is 2.21. The summed E-state index contributed by atoms with van der Waals surface area (Å²) < 4.78 is 0. The molecule has 0 spiro atoms. The summed E-state index contributed by atoms with van der Waals surface area (Å²) in [5, 5.41) is 0. The molecule has 0 bridgehead atoms. The highest BCUT2D eigenvalue weighted by Gasteiger charge is 2.20. The van der Waals surface area contributed by atoms with Crippen molar-refractivity contribution in [2.24, 2.45) is 10.4 Å². The molecule has 1 aliphatic rings. The van der Waals surface area contributed by atoms with Crippen molar-refractivity contribution in [2.75, 3.05) is 6.54 Å². The van der Waals surface area contributed by atoms with Crippen LogP contribution in [0.5, 0.6) is 0 Å². The van der Waals surface area contributed by atoms with Crippen LogP contribution in [0.2, 0.25) is 0 Å². The molecule has 0 radical (unpaired) electrons. The molecule has 1 nitrogen and oxygen atoms in total. The second-order valence-electron chi connectivity index (χ2n) is 4.51. The first-order chi connectivity index (χ1) is 6.17. The number of hydrogen-bond acceptors (Lipinski definition) is 1. The quantitative estimate of drug-likeness (QED) is 0.572. The van der Waals surface area contributed by atoms with Gasteiger partial charge in [-0.15, -0.1) is 0 Å². The average molecular weight is 173 g/mol. The van der Waals surface area contributed by atoms with Crippen LogP contribution in [0.3, 0.4) is 0 Å². The smallest absolute Gasteiger partial charge is 0.0443 e. The molecule has 0 aliphatic carbocycles. The lowest BCUT2D eigenvalue weighted by molar-refractivity contribution is 0.381. The monoisotopic (exact) mass is 173 g/mol. The minimum Gasteiger partial charge on any atom is -0.292 e. The molecule has 1 aromatic carbocycles. The van der Waals surface area contributed by atoms with Crippen molar-refractivity contribution in [2.45, 2.75) is 20.3 Å². The molecule has 1 aromatic rings. The Kier molecular flexibility index (Phi) is 1.95. The first kappa shape index (κ1) is 8.49. The normalized spacial score (nSPS) is 19.2. The fourth-order valence-electron chi connectivity index (χ4n) is 1.78.